The summed E-state index contributed by atoms with van der Waals surface area (Å²) in [5, 5.41) is 8.78. The molecule has 0 spiro atoms. The van der Waals surface area contributed by atoms with E-state index in [2.05, 4.69) is 170 Å². The minimum Gasteiger partial charge on any atom is -0.455 e. The van der Waals surface area contributed by atoms with E-state index in [1.807, 2.05) is 42.5 Å². The smallest absolute Gasteiger partial charge is 0.167 e. The second-order valence-electron chi connectivity index (χ2n) is 16.3. The highest BCUT2D eigenvalue weighted by Crippen LogP contribution is 2.45. The summed E-state index contributed by atoms with van der Waals surface area (Å²) in [5.41, 5.74) is 12.5. The Morgan fingerprint density at radius 1 is 0.266 bits per heavy atom. The Hall–Kier alpha value is -8.67. The van der Waals surface area contributed by atoms with Crippen molar-refractivity contribution < 1.29 is 8.83 Å². The first kappa shape index (κ1) is 36.0. The van der Waals surface area contributed by atoms with Crippen LogP contribution in [-0.2, 0) is 0 Å². The molecule has 0 aliphatic heterocycles. The average molecular weight is 818 g/mol. The normalized spacial score (nSPS) is 11.8. The quantitative estimate of drug-likeness (QED) is 0.167. The van der Waals surface area contributed by atoms with E-state index in [9.17, 15) is 0 Å². The van der Waals surface area contributed by atoms with Crippen molar-refractivity contribution in [2.45, 2.75) is 0 Å². The molecule has 3 aromatic heterocycles. The first-order valence-electron chi connectivity index (χ1n) is 21.5. The minimum absolute atomic E-state index is 0.541. The predicted molar refractivity (Wildman–Crippen MR) is 262 cm³/mol. The fraction of sp³-hybridized carbons (Fsp3) is 0. The van der Waals surface area contributed by atoms with Crippen molar-refractivity contribution in [1.82, 2.24) is 15.0 Å². The molecular weight excluding hydrogens is 783 g/mol. The largest absolute Gasteiger partial charge is 0.455 e. The van der Waals surface area contributed by atoms with Gasteiger partial charge in [-0.25, -0.2) is 15.0 Å². The van der Waals surface area contributed by atoms with Gasteiger partial charge in [0.1, 0.15) is 22.3 Å². The fourth-order valence-electron chi connectivity index (χ4n) is 9.49. The number of hydrogen-bond acceptors (Lipinski definition) is 5. The molecule has 0 atom stereocenters. The Balaban J connectivity index is 1.00. The van der Waals surface area contributed by atoms with Gasteiger partial charge in [-0.2, -0.15) is 0 Å². The second kappa shape index (κ2) is 14.5. The zero-order valence-corrected chi connectivity index (χ0v) is 34.4. The molecule has 0 aliphatic carbocycles. The van der Waals surface area contributed by atoms with E-state index in [0.717, 1.165) is 105 Å². The number of furan rings is 2. The Bertz CT molecular complexity index is 3960. The molecule has 0 N–H and O–H groups in total. The molecular formula is C59H35N3O2. The summed E-state index contributed by atoms with van der Waals surface area (Å²) in [5.74, 6) is 1.70. The third-order valence-corrected chi connectivity index (χ3v) is 12.6. The third-order valence-electron chi connectivity index (χ3n) is 12.6. The number of para-hydroxylation sites is 3. The van der Waals surface area contributed by atoms with Crippen LogP contribution < -0.4 is 0 Å². The van der Waals surface area contributed by atoms with Crippen molar-refractivity contribution in [2.75, 3.05) is 0 Å². The second-order valence-corrected chi connectivity index (χ2v) is 16.3. The van der Waals surface area contributed by atoms with E-state index >= 15 is 0 Å². The van der Waals surface area contributed by atoms with Crippen molar-refractivity contribution in [1.29, 1.82) is 0 Å². The van der Waals surface area contributed by atoms with Crippen LogP contribution in [0.4, 0.5) is 0 Å². The molecule has 0 unspecified atom stereocenters. The van der Waals surface area contributed by atoms with E-state index in [1.54, 1.807) is 0 Å². The Kier molecular flexibility index (Phi) is 8.15. The molecule has 0 fully saturated rings. The SMILES string of the molecule is c1ccc(-c2ccc(-c3cccc4c(-c5nc(-c6ccc(-c7ccc8ccccc8c7)cc6)nc(-c6cccc7c6oc6ccccc67)n5)cccc34)c3c2oc2ccccc23)cc1. The lowest BCUT2D eigenvalue weighted by atomic mass is 9.91. The number of rotatable bonds is 6. The van der Waals surface area contributed by atoms with Crippen molar-refractivity contribution in [3.8, 4) is 67.5 Å². The first-order valence-corrected chi connectivity index (χ1v) is 21.5. The Morgan fingerprint density at radius 3 is 1.62 bits per heavy atom. The molecule has 0 amide bonds. The van der Waals surface area contributed by atoms with Gasteiger partial charge in [0, 0.05) is 38.2 Å². The highest BCUT2D eigenvalue weighted by molar-refractivity contribution is 6.19. The van der Waals surface area contributed by atoms with Gasteiger partial charge in [-0.3, -0.25) is 0 Å². The van der Waals surface area contributed by atoms with E-state index < -0.39 is 0 Å². The molecule has 0 bridgehead atoms. The van der Waals surface area contributed by atoms with Crippen LogP contribution in [0.15, 0.2) is 221 Å². The number of benzene rings is 10. The molecule has 13 aromatic rings. The lowest BCUT2D eigenvalue weighted by Crippen LogP contribution is -2.01. The standard InChI is InChI=1S/C59H35N3O2/c1-2-14-38(15-3-1)42-33-34-47(54-50-18-7-9-26-53(50)64-56(42)54)44-20-10-21-45-43(44)19-11-23-49(45)58-60-57(39-30-27-37(28-31-39)41-32-29-36-13-4-5-16-40(36)35-41)61-59(62-58)51-24-12-22-48-46-17-6-8-25-52(46)63-55(48)51/h1-35H. The molecule has 0 aliphatic rings. The average Bonchev–Trinajstić information content (AvgIpc) is 3.95. The summed E-state index contributed by atoms with van der Waals surface area (Å²) < 4.78 is 13.2. The summed E-state index contributed by atoms with van der Waals surface area (Å²) in [4.78, 5) is 15.8. The van der Waals surface area contributed by atoms with Crippen LogP contribution in [0.25, 0.3) is 133 Å². The molecule has 10 aromatic carbocycles. The summed E-state index contributed by atoms with van der Waals surface area (Å²) >= 11 is 0. The van der Waals surface area contributed by atoms with Crippen LogP contribution in [0.5, 0.6) is 0 Å². The molecule has 5 heteroatoms. The minimum atomic E-state index is 0.541. The third kappa shape index (κ3) is 5.83. The van der Waals surface area contributed by atoms with E-state index in [-0.39, 0.29) is 0 Å². The van der Waals surface area contributed by atoms with E-state index in [4.69, 9.17) is 23.8 Å². The first-order chi connectivity index (χ1) is 31.7. The number of fused-ring (bicyclic) bond motifs is 8. The molecule has 5 nitrogen and oxygen atoms in total. The molecule has 298 valence electrons. The van der Waals surface area contributed by atoms with Gasteiger partial charge in [0.2, 0.25) is 0 Å². The molecule has 0 saturated heterocycles. The predicted octanol–water partition coefficient (Wildman–Crippen LogP) is 16.0. The van der Waals surface area contributed by atoms with Gasteiger partial charge >= 0.3 is 0 Å². The van der Waals surface area contributed by atoms with Crippen LogP contribution >= 0.6 is 0 Å². The number of hydrogen-bond donors (Lipinski definition) is 0. The van der Waals surface area contributed by atoms with E-state index in [0.29, 0.717) is 17.5 Å². The lowest BCUT2D eigenvalue weighted by Gasteiger charge is -2.14. The van der Waals surface area contributed by atoms with Crippen molar-refractivity contribution >= 4 is 65.4 Å². The molecule has 64 heavy (non-hydrogen) atoms. The van der Waals surface area contributed by atoms with Gasteiger partial charge in [0.05, 0.1) is 5.56 Å². The summed E-state index contributed by atoms with van der Waals surface area (Å²) in [6, 6.07) is 74.0. The lowest BCUT2D eigenvalue weighted by molar-refractivity contribution is 0.669. The Morgan fingerprint density at radius 2 is 0.812 bits per heavy atom. The molecule has 0 radical (unpaired) electrons. The zero-order chi connectivity index (χ0) is 42.1. The van der Waals surface area contributed by atoms with Gasteiger partial charge < -0.3 is 8.83 Å². The highest BCUT2D eigenvalue weighted by Gasteiger charge is 2.22. The van der Waals surface area contributed by atoms with Crippen molar-refractivity contribution in [2.24, 2.45) is 0 Å². The monoisotopic (exact) mass is 817 g/mol. The van der Waals surface area contributed by atoms with Gasteiger partial charge in [-0.05, 0) is 79.7 Å². The van der Waals surface area contributed by atoms with Crippen LogP contribution in [0, 0.1) is 0 Å². The van der Waals surface area contributed by atoms with Gasteiger partial charge in [-0.15, -0.1) is 0 Å². The van der Waals surface area contributed by atoms with Crippen LogP contribution in [0.2, 0.25) is 0 Å². The van der Waals surface area contributed by atoms with Crippen LogP contribution in [0.1, 0.15) is 0 Å². The highest BCUT2D eigenvalue weighted by atomic mass is 16.3. The maximum absolute atomic E-state index is 6.68. The number of nitrogens with zero attached hydrogens (tertiary/aromatic N) is 3. The molecule has 13 rings (SSSR count). The van der Waals surface area contributed by atoms with Crippen molar-refractivity contribution in [3.05, 3.63) is 212 Å². The van der Waals surface area contributed by atoms with Crippen LogP contribution in [-0.4, -0.2) is 15.0 Å². The maximum Gasteiger partial charge on any atom is 0.167 e. The summed E-state index contributed by atoms with van der Waals surface area (Å²) in [6.45, 7) is 0. The zero-order valence-electron chi connectivity index (χ0n) is 34.4. The van der Waals surface area contributed by atoms with E-state index in [1.165, 1.54) is 10.8 Å². The number of aromatic nitrogens is 3. The van der Waals surface area contributed by atoms with Crippen LogP contribution in [0.3, 0.4) is 0 Å². The molecule has 3 heterocycles. The molecule has 0 saturated carbocycles. The summed E-state index contributed by atoms with van der Waals surface area (Å²) in [7, 11) is 0. The van der Waals surface area contributed by atoms with Gasteiger partial charge in [0.15, 0.2) is 17.5 Å². The maximum atomic E-state index is 6.68. The summed E-state index contributed by atoms with van der Waals surface area (Å²) in [6.07, 6.45) is 0. The van der Waals surface area contributed by atoms with Gasteiger partial charge in [0.25, 0.3) is 0 Å². The topological polar surface area (TPSA) is 65.0 Å². The Labute approximate surface area is 367 Å². The fourth-order valence-corrected chi connectivity index (χ4v) is 9.49. The van der Waals surface area contributed by atoms with Gasteiger partial charge in [-0.1, -0.05) is 182 Å². The van der Waals surface area contributed by atoms with Crippen molar-refractivity contribution in [3.63, 3.8) is 0 Å².